The smallest absolute Gasteiger partial charge is 0.114 e. The van der Waals surface area contributed by atoms with Gasteiger partial charge >= 0.3 is 0 Å². The van der Waals surface area contributed by atoms with E-state index in [0.717, 1.165) is 5.69 Å². The topological polar surface area (TPSA) is 50.9 Å². The van der Waals surface area contributed by atoms with Crippen LogP contribution in [-0.2, 0) is 5.60 Å². The van der Waals surface area contributed by atoms with Crippen molar-refractivity contribution in [1.82, 2.24) is 15.0 Å². The van der Waals surface area contributed by atoms with Crippen LogP contribution in [0.1, 0.15) is 25.1 Å². The Balaban J connectivity index is 2.35. The minimum absolute atomic E-state index is 0.563. The molecule has 0 aliphatic carbocycles. The molecule has 2 rings (SSSR count). The first-order valence-corrected chi connectivity index (χ1v) is 5.19. The molecule has 0 fully saturated rings. The van der Waals surface area contributed by atoms with Crippen LogP contribution >= 0.6 is 0 Å². The molecule has 0 aliphatic rings. The molecule has 0 atom stereocenters. The second kappa shape index (κ2) is 3.72. The summed E-state index contributed by atoms with van der Waals surface area (Å²) >= 11 is 0. The second-order valence-electron chi connectivity index (χ2n) is 4.44. The minimum atomic E-state index is -0.955. The summed E-state index contributed by atoms with van der Waals surface area (Å²) in [7, 11) is 0. The zero-order valence-corrected chi connectivity index (χ0v) is 9.68. The van der Waals surface area contributed by atoms with E-state index in [1.807, 2.05) is 31.2 Å². The minimum Gasteiger partial charge on any atom is -0.384 e. The van der Waals surface area contributed by atoms with E-state index < -0.39 is 5.60 Å². The van der Waals surface area contributed by atoms with Crippen LogP contribution in [0.25, 0.3) is 5.69 Å². The zero-order valence-electron chi connectivity index (χ0n) is 9.68. The number of aromatic nitrogens is 3. The highest BCUT2D eigenvalue weighted by molar-refractivity contribution is 5.33. The maximum atomic E-state index is 9.78. The van der Waals surface area contributed by atoms with Gasteiger partial charge in [-0.3, -0.25) is 0 Å². The number of benzene rings is 1. The van der Waals surface area contributed by atoms with Crippen LogP contribution in [0, 0.1) is 6.92 Å². The Morgan fingerprint density at radius 1 is 1.19 bits per heavy atom. The van der Waals surface area contributed by atoms with Crippen molar-refractivity contribution in [3.63, 3.8) is 0 Å². The van der Waals surface area contributed by atoms with Crippen molar-refractivity contribution in [2.45, 2.75) is 26.4 Å². The van der Waals surface area contributed by atoms with Crippen molar-refractivity contribution in [2.75, 3.05) is 0 Å². The summed E-state index contributed by atoms with van der Waals surface area (Å²) in [6, 6.07) is 7.97. The van der Waals surface area contributed by atoms with Gasteiger partial charge in [0.25, 0.3) is 0 Å². The lowest BCUT2D eigenvalue weighted by atomic mass is 10.1. The molecular weight excluding hydrogens is 202 g/mol. The summed E-state index contributed by atoms with van der Waals surface area (Å²) in [5.41, 5.74) is 1.75. The van der Waals surface area contributed by atoms with E-state index >= 15 is 0 Å². The lowest BCUT2D eigenvalue weighted by molar-refractivity contribution is 0.0737. The Bertz CT molecular complexity index is 480. The Hall–Kier alpha value is -1.68. The fourth-order valence-electron chi connectivity index (χ4n) is 1.37. The standard InChI is InChI=1S/C12H15N3O/c1-9-4-6-10(7-5-9)15-8-11(13-14-15)12(2,3)16/h4-8,16H,1-3H3. The van der Waals surface area contributed by atoms with Gasteiger partial charge in [0.15, 0.2) is 0 Å². The maximum Gasteiger partial charge on any atom is 0.114 e. The van der Waals surface area contributed by atoms with Gasteiger partial charge in [0, 0.05) is 0 Å². The molecule has 1 aromatic heterocycles. The second-order valence-corrected chi connectivity index (χ2v) is 4.44. The molecular formula is C12H15N3O. The van der Waals surface area contributed by atoms with Gasteiger partial charge in [0.2, 0.25) is 0 Å². The van der Waals surface area contributed by atoms with Gasteiger partial charge in [-0.2, -0.15) is 0 Å². The number of hydrogen-bond donors (Lipinski definition) is 1. The van der Waals surface area contributed by atoms with E-state index in [0.29, 0.717) is 5.69 Å². The summed E-state index contributed by atoms with van der Waals surface area (Å²) in [6.45, 7) is 5.42. The lowest BCUT2D eigenvalue weighted by Gasteiger charge is -2.11. The van der Waals surface area contributed by atoms with Crippen molar-refractivity contribution in [2.24, 2.45) is 0 Å². The van der Waals surface area contributed by atoms with E-state index in [1.54, 1.807) is 24.7 Å². The molecule has 0 bridgehead atoms. The maximum absolute atomic E-state index is 9.78. The molecule has 2 aromatic rings. The Kier molecular flexibility index (Phi) is 2.52. The Morgan fingerprint density at radius 3 is 2.31 bits per heavy atom. The molecule has 0 spiro atoms. The van der Waals surface area contributed by atoms with E-state index in [9.17, 15) is 5.11 Å². The normalized spacial score (nSPS) is 11.8. The van der Waals surface area contributed by atoms with Gasteiger partial charge < -0.3 is 5.11 Å². The van der Waals surface area contributed by atoms with Crippen molar-refractivity contribution in [1.29, 1.82) is 0 Å². The first-order valence-electron chi connectivity index (χ1n) is 5.19. The average Bonchev–Trinajstić information content (AvgIpc) is 2.67. The summed E-state index contributed by atoms with van der Waals surface area (Å²) in [4.78, 5) is 0. The third-order valence-corrected chi connectivity index (χ3v) is 2.42. The Labute approximate surface area is 94.5 Å². The number of aryl methyl sites for hydroxylation is 1. The molecule has 4 nitrogen and oxygen atoms in total. The quantitative estimate of drug-likeness (QED) is 0.834. The lowest BCUT2D eigenvalue weighted by Crippen LogP contribution is -2.15. The summed E-state index contributed by atoms with van der Waals surface area (Å²) in [5, 5.41) is 17.7. The molecule has 1 heterocycles. The fourth-order valence-corrected chi connectivity index (χ4v) is 1.37. The van der Waals surface area contributed by atoms with Crippen LogP contribution in [0.3, 0.4) is 0 Å². The molecule has 0 unspecified atom stereocenters. The van der Waals surface area contributed by atoms with Gasteiger partial charge in [-0.05, 0) is 32.9 Å². The predicted octanol–water partition coefficient (Wildman–Crippen LogP) is 1.80. The summed E-state index contributed by atoms with van der Waals surface area (Å²) in [5.74, 6) is 0. The highest BCUT2D eigenvalue weighted by atomic mass is 16.3. The fraction of sp³-hybridized carbons (Fsp3) is 0.333. The van der Waals surface area contributed by atoms with Gasteiger partial charge in [-0.15, -0.1) is 5.10 Å². The van der Waals surface area contributed by atoms with Crippen molar-refractivity contribution < 1.29 is 5.11 Å². The highest BCUT2D eigenvalue weighted by Gasteiger charge is 2.20. The monoisotopic (exact) mass is 217 g/mol. The van der Waals surface area contributed by atoms with E-state index in [1.165, 1.54) is 5.56 Å². The largest absolute Gasteiger partial charge is 0.384 e. The van der Waals surface area contributed by atoms with Crippen LogP contribution in [0.4, 0.5) is 0 Å². The van der Waals surface area contributed by atoms with E-state index in [4.69, 9.17) is 0 Å². The van der Waals surface area contributed by atoms with Gasteiger partial charge in [-0.1, -0.05) is 22.9 Å². The summed E-state index contributed by atoms with van der Waals surface area (Å²) < 4.78 is 1.66. The SMILES string of the molecule is Cc1ccc(-n2cc(C(C)(C)O)nn2)cc1. The third-order valence-electron chi connectivity index (χ3n) is 2.42. The highest BCUT2D eigenvalue weighted by Crippen LogP contribution is 2.17. The molecule has 0 saturated carbocycles. The molecule has 84 valence electrons. The van der Waals surface area contributed by atoms with Crippen molar-refractivity contribution in [3.05, 3.63) is 41.7 Å². The predicted molar refractivity (Wildman–Crippen MR) is 61.3 cm³/mol. The van der Waals surface area contributed by atoms with Crippen LogP contribution in [0.15, 0.2) is 30.5 Å². The number of hydrogen-bond acceptors (Lipinski definition) is 3. The zero-order chi connectivity index (χ0) is 11.8. The molecule has 1 N–H and O–H groups in total. The first kappa shape index (κ1) is 10.8. The van der Waals surface area contributed by atoms with Crippen LogP contribution in [0.5, 0.6) is 0 Å². The van der Waals surface area contributed by atoms with Crippen LogP contribution in [0.2, 0.25) is 0 Å². The molecule has 0 aliphatic heterocycles. The first-order chi connectivity index (χ1) is 7.47. The average molecular weight is 217 g/mol. The molecule has 0 saturated heterocycles. The Morgan fingerprint density at radius 2 is 1.81 bits per heavy atom. The van der Waals surface area contributed by atoms with Crippen molar-refractivity contribution in [3.8, 4) is 5.69 Å². The van der Waals surface area contributed by atoms with Crippen LogP contribution in [-0.4, -0.2) is 20.1 Å². The number of rotatable bonds is 2. The van der Waals surface area contributed by atoms with E-state index in [2.05, 4.69) is 10.3 Å². The summed E-state index contributed by atoms with van der Waals surface area (Å²) in [6.07, 6.45) is 1.74. The van der Waals surface area contributed by atoms with Gasteiger partial charge in [0.1, 0.15) is 11.3 Å². The van der Waals surface area contributed by atoms with Gasteiger partial charge in [0.05, 0.1) is 11.9 Å². The van der Waals surface area contributed by atoms with Gasteiger partial charge in [-0.25, -0.2) is 4.68 Å². The van der Waals surface area contributed by atoms with Crippen LogP contribution < -0.4 is 0 Å². The molecule has 16 heavy (non-hydrogen) atoms. The van der Waals surface area contributed by atoms with E-state index in [-0.39, 0.29) is 0 Å². The van der Waals surface area contributed by atoms with Crippen molar-refractivity contribution >= 4 is 0 Å². The molecule has 0 radical (unpaired) electrons. The number of aliphatic hydroxyl groups is 1. The number of nitrogens with zero attached hydrogens (tertiary/aromatic N) is 3. The molecule has 0 amide bonds. The molecule has 1 aromatic carbocycles. The molecule has 4 heteroatoms. The third kappa shape index (κ3) is 2.12.